The van der Waals surface area contributed by atoms with Crippen molar-refractivity contribution in [3.63, 3.8) is 0 Å². The quantitative estimate of drug-likeness (QED) is 0.815. The number of benzene rings is 1. The van der Waals surface area contributed by atoms with Crippen molar-refractivity contribution in [1.29, 1.82) is 0 Å². The second-order valence-corrected chi connectivity index (χ2v) is 4.58. The zero-order chi connectivity index (χ0) is 15.1. The van der Waals surface area contributed by atoms with Gasteiger partial charge >= 0.3 is 0 Å². The number of aliphatic hydroxyl groups excluding tert-OH is 1. The van der Waals surface area contributed by atoms with Gasteiger partial charge in [-0.3, -0.25) is 4.98 Å². The van der Waals surface area contributed by atoms with Crippen LogP contribution in [0.4, 0.5) is 0 Å². The van der Waals surface area contributed by atoms with Crippen LogP contribution >= 0.6 is 0 Å². The van der Waals surface area contributed by atoms with Crippen LogP contribution in [0.1, 0.15) is 17.4 Å². The van der Waals surface area contributed by atoms with Crippen molar-refractivity contribution in [2.45, 2.75) is 12.6 Å². The van der Waals surface area contributed by atoms with Gasteiger partial charge in [0.25, 0.3) is 0 Å². The van der Waals surface area contributed by atoms with Crippen LogP contribution in [0.5, 0.6) is 11.5 Å². The lowest BCUT2D eigenvalue weighted by molar-refractivity contribution is 0.169. The Labute approximate surface area is 124 Å². The summed E-state index contributed by atoms with van der Waals surface area (Å²) in [4.78, 5) is 4.22. The number of ether oxygens (including phenoxy) is 2. The predicted molar refractivity (Wildman–Crippen MR) is 80.4 cm³/mol. The summed E-state index contributed by atoms with van der Waals surface area (Å²) in [6.07, 6.45) is 1.07. The van der Waals surface area contributed by atoms with Crippen LogP contribution in [0.15, 0.2) is 42.6 Å². The van der Waals surface area contributed by atoms with E-state index in [4.69, 9.17) is 9.47 Å². The number of hydrogen-bond donors (Lipinski definition) is 2. The molecule has 0 radical (unpaired) electrons. The fraction of sp³-hybridized carbons (Fsp3) is 0.312. The summed E-state index contributed by atoms with van der Waals surface area (Å²) in [7, 11) is 3.18. The van der Waals surface area contributed by atoms with Crippen molar-refractivity contribution in [1.82, 2.24) is 10.3 Å². The Bertz CT molecular complexity index is 561. The summed E-state index contributed by atoms with van der Waals surface area (Å²) >= 11 is 0. The lowest BCUT2D eigenvalue weighted by Gasteiger charge is -2.16. The van der Waals surface area contributed by atoms with Gasteiger partial charge in [0.2, 0.25) is 0 Å². The van der Waals surface area contributed by atoms with Gasteiger partial charge in [-0.1, -0.05) is 6.07 Å². The van der Waals surface area contributed by atoms with Crippen LogP contribution in [-0.4, -0.2) is 30.9 Å². The minimum atomic E-state index is -0.682. The number of aromatic nitrogens is 1. The van der Waals surface area contributed by atoms with Crippen LogP contribution in [0.3, 0.4) is 0 Å². The molecule has 1 aromatic heterocycles. The first-order valence-corrected chi connectivity index (χ1v) is 6.75. The van der Waals surface area contributed by atoms with E-state index in [2.05, 4.69) is 10.3 Å². The van der Waals surface area contributed by atoms with Gasteiger partial charge in [-0.15, -0.1) is 0 Å². The van der Waals surface area contributed by atoms with E-state index >= 15 is 0 Å². The highest BCUT2D eigenvalue weighted by Crippen LogP contribution is 2.29. The molecule has 2 aromatic rings. The Hall–Kier alpha value is -2.11. The Balaban J connectivity index is 1.97. The van der Waals surface area contributed by atoms with E-state index in [0.29, 0.717) is 30.2 Å². The molecule has 2 N–H and O–H groups in total. The highest BCUT2D eigenvalue weighted by molar-refractivity contribution is 5.41. The van der Waals surface area contributed by atoms with Crippen LogP contribution in [0.2, 0.25) is 0 Å². The zero-order valence-corrected chi connectivity index (χ0v) is 12.2. The fourth-order valence-corrected chi connectivity index (χ4v) is 2.05. The molecule has 0 aliphatic carbocycles. The molecule has 0 aliphatic rings. The molecule has 2 rings (SSSR count). The van der Waals surface area contributed by atoms with Crippen LogP contribution in [0, 0.1) is 0 Å². The van der Waals surface area contributed by atoms with Crippen LogP contribution in [0.25, 0.3) is 0 Å². The maximum absolute atomic E-state index is 10.3. The van der Waals surface area contributed by atoms with Crippen molar-refractivity contribution in [3.8, 4) is 11.5 Å². The molecular formula is C16H20N2O3. The highest BCUT2D eigenvalue weighted by atomic mass is 16.5. The third-order valence-electron chi connectivity index (χ3n) is 3.17. The van der Waals surface area contributed by atoms with E-state index in [9.17, 15) is 5.11 Å². The number of pyridine rings is 1. The van der Waals surface area contributed by atoms with E-state index in [1.165, 1.54) is 0 Å². The smallest absolute Gasteiger partial charge is 0.124 e. The maximum Gasteiger partial charge on any atom is 0.124 e. The zero-order valence-electron chi connectivity index (χ0n) is 12.2. The largest absolute Gasteiger partial charge is 0.497 e. The average molecular weight is 288 g/mol. The third kappa shape index (κ3) is 4.18. The average Bonchev–Trinajstić information content (AvgIpc) is 2.55. The minimum Gasteiger partial charge on any atom is -0.497 e. The molecule has 0 bridgehead atoms. The van der Waals surface area contributed by atoms with E-state index in [0.717, 1.165) is 5.69 Å². The number of nitrogens with one attached hydrogen (secondary N) is 1. The van der Waals surface area contributed by atoms with Crippen molar-refractivity contribution in [2.24, 2.45) is 0 Å². The Kier molecular flexibility index (Phi) is 5.54. The molecule has 112 valence electrons. The van der Waals surface area contributed by atoms with Crippen molar-refractivity contribution < 1.29 is 14.6 Å². The molecule has 0 spiro atoms. The standard InChI is InChI=1S/C16H20N2O3/c1-20-13-6-7-16(21-2)14(9-13)15(19)11-17-10-12-5-3-4-8-18-12/h3-9,15,17,19H,10-11H2,1-2H3. The second-order valence-electron chi connectivity index (χ2n) is 4.58. The Morgan fingerprint density at radius 3 is 2.71 bits per heavy atom. The van der Waals surface area contributed by atoms with Gasteiger partial charge in [-0.25, -0.2) is 0 Å². The Morgan fingerprint density at radius 1 is 1.19 bits per heavy atom. The van der Waals surface area contributed by atoms with Gasteiger partial charge < -0.3 is 19.9 Å². The molecule has 0 fully saturated rings. The van der Waals surface area contributed by atoms with E-state index in [-0.39, 0.29) is 0 Å². The number of nitrogens with zero attached hydrogens (tertiary/aromatic N) is 1. The van der Waals surface area contributed by atoms with Gasteiger partial charge in [0.05, 0.1) is 26.0 Å². The highest BCUT2D eigenvalue weighted by Gasteiger charge is 2.14. The molecule has 0 saturated heterocycles. The molecule has 1 heterocycles. The first kappa shape index (κ1) is 15.3. The summed E-state index contributed by atoms with van der Waals surface area (Å²) in [5.74, 6) is 1.33. The van der Waals surface area contributed by atoms with Crippen LogP contribution < -0.4 is 14.8 Å². The number of aliphatic hydroxyl groups is 1. The van der Waals surface area contributed by atoms with Gasteiger partial charge in [-0.2, -0.15) is 0 Å². The van der Waals surface area contributed by atoms with Gasteiger partial charge in [0, 0.05) is 24.8 Å². The summed E-state index contributed by atoms with van der Waals surface area (Å²) in [5.41, 5.74) is 1.63. The molecule has 0 amide bonds. The van der Waals surface area contributed by atoms with Crippen molar-refractivity contribution in [3.05, 3.63) is 53.9 Å². The molecule has 5 heteroatoms. The third-order valence-corrected chi connectivity index (χ3v) is 3.17. The maximum atomic E-state index is 10.3. The molecule has 21 heavy (non-hydrogen) atoms. The van der Waals surface area contributed by atoms with Crippen molar-refractivity contribution in [2.75, 3.05) is 20.8 Å². The Morgan fingerprint density at radius 2 is 2.05 bits per heavy atom. The SMILES string of the molecule is COc1ccc(OC)c(C(O)CNCc2ccccn2)c1. The monoisotopic (exact) mass is 288 g/mol. The normalized spacial score (nSPS) is 12.0. The topological polar surface area (TPSA) is 63.6 Å². The molecule has 0 saturated carbocycles. The molecule has 1 aromatic carbocycles. The summed E-state index contributed by atoms with van der Waals surface area (Å²) in [5, 5.41) is 13.5. The summed E-state index contributed by atoms with van der Waals surface area (Å²) in [6, 6.07) is 11.1. The van der Waals surface area contributed by atoms with Gasteiger partial charge in [0.1, 0.15) is 11.5 Å². The minimum absolute atomic E-state index is 0.403. The van der Waals surface area contributed by atoms with Crippen molar-refractivity contribution >= 4 is 0 Å². The lowest BCUT2D eigenvalue weighted by Crippen LogP contribution is -2.22. The number of methoxy groups -OCH3 is 2. The van der Waals surface area contributed by atoms with E-state index in [1.807, 2.05) is 18.2 Å². The van der Waals surface area contributed by atoms with E-state index < -0.39 is 6.10 Å². The first-order chi connectivity index (χ1) is 10.2. The molecule has 1 unspecified atom stereocenters. The second kappa shape index (κ2) is 7.61. The van der Waals surface area contributed by atoms with Gasteiger partial charge in [-0.05, 0) is 30.3 Å². The lowest BCUT2D eigenvalue weighted by atomic mass is 10.1. The first-order valence-electron chi connectivity index (χ1n) is 6.75. The molecule has 0 aliphatic heterocycles. The number of rotatable bonds is 7. The summed E-state index contributed by atoms with van der Waals surface area (Å²) < 4.78 is 10.5. The fourth-order valence-electron chi connectivity index (χ4n) is 2.05. The summed E-state index contributed by atoms with van der Waals surface area (Å²) in [6.45, 7) is 1.00. The molecule has 5 nitrogen and oxygen atoms in total. The van der Waals surface area contributed by atoms with E-state index in [1.54, 1.807) is 38.6 Å². The van der Waals surface area contributed by atoms with Crippen LogP contribution in [-0.2, 0) is 6.54 Å². The number of hydrogen-bond acceptors (Lipinski definition) is 5. The molecule has 1 atom stereocenters. The molecular weight excluding hydrogens is 268 g/mol. The predicted octanol–water partition coefficient (Wildman–Crippen LogP) is 1.92. The van der Waals surface area contributed by atoms with Gasteiger partial charge in [0.15, 0.2) is 0 Å².